The fourth-order valence-corrected chi connectivity index (χ4v) is 2.98. The Morgan fingerprint density at radius 1 is 1.36 bits per heavy atom. The van der Waals surface area contributed by atoms with Crippen LogP contribution >= 0.6 is 12.4 Å². The van der Waals surface area contributed by atoms with Crippen molar-refractivity contribution in [1.82, 2.24) is 10.6 Å². The molecule has 1 fully saturated rings. The number of rotatable bonds is 5. The van der Waals surface area contributed by atoms with Crippen molar-refractivity contribution in [3.05, 3.63) is 35.4 Å². The van der Waals surface area contributed by atoms with Crippen LogP contribution in [-0.4, -0.2) is 24.5 Å². The molecule has 1 aliphatic heterocycles. The van der Waals surface area contributed by atoms with E-state index in [0.29, 0.717) is 12.5 Å². The van der Waals surface area contributed by atoms with E-state index in [-0.39, 0.29) is 30.3 Å². The van der Waals surface area contributed by atoms with E-state index < -0.39 is 0 Å². The second-order valence-electron chi connectivity index (χ2n) is 6.26. The van der Waals surface area contributed by atoms with Crippen LogP contribution in [0.1, 0.15) is 57.1 Å². The zero-order valence-corrected chi connectivity index (χ0v) is 14.7. The second kappa shape index (κ2) is 9.16. The first-order valence-corrected chi connectivity index (χ1v) is 8.21. The summed E-state index contributed by atoms with van der Waals surface area (Å²) in [6.07, 6.45) is 3.85. The lowest BCUT2D eigenvalue weighted by molar-refractivity contribution is -0.122. The van der Waals surface area contributed by atoms with E-state index in [2.05, 4.69) is 55.7 Å². The average Bonchev–Trinajstić information content (AvgIpc) is 2.49. The predicted octanol–water partition coefficient (Wildman–Crippen LogP) is 3.42. The maximum atomic E-state index is 12.2. The van der Waals surface area contributed by atoms with E-state index in [1.165, 1.54) is 11.1 Å². The maximum absolute atomic E-state index is 12.2. The van der Waals surface area contributed by atoms with Crippen molar-refractivity contribution in [1.29, 1.82) is 0 Å². The number of piperidine rings is 1. The number of hydrogen-bond acceptors (Lipinski definition) is 2. The van der Waals surface area contributed by atoms with Gasteiger partial charge < -0.3 is 10.6 Å². The Morgan fingerprint density at radius 3 is 2.64 bits per heavy atom. The zero-order chi connectivity index (χ0) is 15.2. The molecule has 4 heteroatoms. The first kappa shape index (κ1) is 19.0. The van der Waals surface area contributed by atoms with Crippen LogP contribution in [0.15, 0.2) is 24.3 Å². The van der Waals surface area contributed by atoms with Gasteiger partial charge in [0.1, 0.15) is 0 Å². The molecule has 124 valence electrons. The number of carbonyl (C=O) groups is 1. The van der Waals surface area contributed by atoms with Gasteiger partial charge in [-0.1, -0.05) is 38.1 Å². The van der Waals surface area contributed by atoms with Crippen molar-refractivity contribution in [2.75, 3.05) is 6.54 Å². The molecule has 2 rings (SSSR count). The lowest BCUT2D eigenvalue weighted by Gasteiger charge is -2.31. The van der Waals surface area contributed by atoms with Gasteiger partial charge in [0.25, 0.3) is 0 Å². The summed E-state index contributed by atoms with van der Waals surface area (Å²) in [4.78, 5) is 12.2. The van der Waals surface area contributed by atoms with Gasteiger partial charge >= 0.3 is 0 Å². The minimum atomic E-state index is 0. The SMILES string of the molecule is CCc1ccc(C(C)CC(=O)NC2CCCNC2C)cc1.Cl. The molecular weight excluding hydrogens is 296 g/mol. The summed E-state index contributed by atoms with van der Waals surface area (Å²) in [6, 6.07) is 9.29. The van der Waals surface area contributed by atoms with Gasteiger partial charge in [-0.25, -0.2) is 0 Å². The Balaban J connectivity index is 0.00000242. The Bertz CT molecular complexity index is 461. The van der Waals surface area contributed by atoms with Crippen molar-refractivity contribution in [2.24, 2.45) is 0 Å². The molecule has 3 nitrogen and oxygen atoms in total. The van der Waals surface area contributed by atoms with Crippen molar-refractivity contribution in [2.45, 2.75) is 64.5 Å². The molecule has 1 aliphatic rings. The molecule has 0 bridgehead atoms. The molecular formula is C18H29ClN2O. The highest BCUT2D eigenvalue weighted by Gasteiger charge is 2.23. The molecule has 3 atom stereocenters. The summed E-state index contributed by atoms with van der Waals surface area (Å²) in [5.74, 6) is 0.436. The van der Waals surface area contributed by atoms with E-state index in [0.717, 1.165) is 25.8 Å². The molecule has 22 heavy (non-hydrogen) atoms. The van der Waals surface area contributed by atoms with Crippen LogP contribution in [-0.2, 0) is 11.2 Å². The monoisotopic (exact) mass is 324 g/mol. The van der Waals surface area contributed by atoms with Crippen molar-refractivity contribution in [3.8, 4) is 0 Å². The summed E-state index contributed by atoms with van der Waals surface area (Å²) < 4.78 is 0. The minimum Gasteiger partial charge on any atom is -0.352 e. The Labute approximate surface area is 140 Å². The molecule has 0 saturated carbocycles. The number of hydrogen-bond donors (Lipinski definition) is 2. The van der Waals surface area contributed by atoms with E-state index >= 15 is 0 Å². The third-order valence-electron chi connectivity index (χ3n) is 4.56. The first-order chi connectivity index (χ1) is 10.1. The second-order valence-corrected chi connectivity index (χ2v) is 6.26. The first-order valence-electron chi connectivity index (χ1n) is 8.21. The third kappa shape index (κ3) is 5.29. The van der Waals surface area contributed by atoms with E-state index in [4.69, 9.17) is 0 Å². The van der Waals surface area contributed by atoms with Gasteiger partial charge in [0.2, 0.25) is 5.91 Å². The molecule has 1 amide bonds. The van der Waals surface area contributed by atoms with Crippen molar-refractivity contribution in [3.63, 3.8) is 0 Å². The van der Waals surface area contributed by atoms with Gasteiger partial charge in [-0.2, -0.15) is 0 Å². The van der Waals surface area contributed by atoms with Crippen LogP contribution in [0, 0.1) is 0 Å². The number of amides is 1. The van der Waals surface area contributed by atoms with Gasteiger partial charge in [0.05, 0.1) is 0 Å². The largest absolute Gasteiger partial charge is 0.352 e. The molecule has 1 saturated heterocycles. The highest BCUT2D eigenvalue weighted by molar-refractivity contribution is 5.85. The number of carbonyl (C=O) groups excluding carboxylic acids is 1. The summed E-state index contributed by atoms with van der Waals surface area (Å²) in [5.41, 5.74) is 2.59. The summed E-state index contributed by atoms with van der Waals surface area (Å²) in [5, 5.41) is 6.61. The van der Waals surface area contributed by atoms with Gasteiger partial charge in [-0.05, 0) is 49.8 Å². The molecule has 1 aromatic carbocycles. The van der Waals surface area contributed by atoms with E-state index in [1.54, 1.807) is 0 Å². The highest BCUT2D eigenvalue weighted by atomic mass is 35.5. The standard InChI is InChI=1S/C18H28N2O.ClH/c1-4-15-7-9-16(10-8-15)13(2)12-18(21)20-17-6-5-11-19-14(17)3;/h7-10,13-14,17,19H,4-6,11-12H2,1-3H3,(H,20,21);1H. The lowest BCUT2D eigenvalue weighted by atomic mass is 9.95. The molecule has 0 aliphatic carbocycles. The summed E-state index contributed by atoms with van der Waals surface area (Å²) in [7, 11) is 0. The summed E-state index contributed by atoms with van der Waals surface area (Å²) in [6.45, 7) is 7.50. The third-order valence-corrected chi connectivity index (χ3v) is 4.56. The minimum absolute atomic E-state index is 0. The topological polar surface area (TPSA) is 41.1 Å². The number of halogens is 1. The van der Waals surface area contributed by atoms with Gasteiger partial charge in [-0.15, -0.1) is 12.4 Å². The number of benzene rings is 1. The molecule has 0 radical (unpaired) electrons. The predicted molar refractivity (Wildman–Crippen MR) is 94.7 cm³/mol. The quantitative estimate of drug-likeness (QED) is 0.871. The normalized spacial score (nSPS) is 22.5. The molecule has 2 N–H and O–H groups in total. The van der Waals surface area contributed by atoms with E-state index in [9.17, 15) is 4.79 Å². The molecule has 0 spiro atoms. The number of nitrogens with one attached hydrogen (secondary N) is 2. The Kier molecular flexibility index (Phi) is 7.91. The molecule has 1 aromatic rings. The van der Waals surface area contributed by atoms with Crippen LogP contribution in [0.4, 0.5) is 0 Å². The van der Waals surface area contributed by atoms with E-state index in [1.807, 2.05) is 0 Å². The summed E-state index contributed by atoms with van der Waals surface area (Å²) >= 11 is 0. The number of aryl methyl sites for hydroxylation is 1. The van der Waals surface area contributed by atoms with Crippen LogP contribution in [0.3, 0.4) is 0 Å². The average molecular weight is 325 g/mol. The van der Waals surface area contributed by atoms with Gasteiger partial charge in [0, 0.05) is 18.5 Å². The van der Waals surface area contributed by atoms with Gasteiger partial charge in [0.15, 0.2) is 0 Å². The van der Waals surface area contributed by atoms with Crippen molar-refractivity contribution >= 4 is 18.3 Å². The maximum Gasteiger partial charge on any atom is 0.220 e. The Morgan fingerprint density at radius 2 is 2.05 bits per heavy atom. The van der Waals surface area contributed by atoms with Crippen LogP contribution in [0.2, 0.25) is 0 Å². The lowest BCUT2D eigenvalue weighted by Crippen LogP contribution is -2.52. The smallest absolute Gasteiger partial charge is 0.220 e. The van der Waals surface area contributed by atoms with Crippen LogP contribution in [0.5, 0.6) is 0 Å². The van der Waals surface area contributed by atoms with Gasteiger partial charge in [-0.3, -0.25) is 4.79 Å². The Hall–Kier alpha value is -1.06. The van der Waals surface area contributed by atoms with Crippen LogP contribution < -0.4 is 10.6 Å². The van der Waals surface area contributed by atoms with Crippen molar-refractivity contribution < 1.29 is 4.79 Å². The fraction of sp³-hybridized carbons (Fsp3) is 0.611. The highest BCUT2D eigenvalue weighted by Crippen LogP contribution is 2.20. The molecule has 3 unspecified atom stereocenters. The molecule has 0 aromatic heterocycles. The van der Waals surface area contributed by atoms with Crippen LogP contribution in [0.25, 0.3) is 0 Å². The molecule has 1 heterocycles. The zero-order valence-electron chi connectivity index (χ0n) is 13.9. The fourth-order valence-electron chi connectivity index (χ4n) is 2.98.